The third-order valence-corrected chi connectivity index (χ3v) is 7.90. The van der Waals surface area contributed by atoms with Gasteiger partial charge in [-0.05, 0) is 72.5 Å². The number of benzene rings is 3. The van der Waals surface area contributed by atoms with Crippen LogP contribution in [0.3, 0.4) is 0 Å². The molecule has 0 radical (unpaired) electrons. The average Bonchev–Trinajstić information content (AvgIpc) is 2.91. The normalized spacial score (nSPS) is 18.1. The van der Waals surface area contributed by atoms with Gasteiger partial charge in [0.2, 0.25) is 6.29 Å². The minimum absolute atomic E-state index is 0.0839. The summed E-state index contributed by atoms with van der Waals surface area (Å²) >= 11 is 0. The number of amides is 1. The number of hydrogen-bond donors (Lipinski definition) is 0. The summed E-state index contributed by atoms with van der Waals surface area (Å²) in [6.45, 7) is 1.52. The van der Waals surface area contributed by atoms with E-state index >= 15 is 0 Å². The van der Waals surface area contributed by atoms with E-state index in [1.807, 2.05) is 18.2 Å². The maximum atomic E-state index is 13.0. The van der Waals surface area contributed by atoms with Gasteiger partial charge in [0.25, 0.3) is 5.91 Å². The smallest absolute Gasteiger partial charge is 0.260 e. The predicted octanol–water partition coefficient (Wildman–Crippen LogP) is 4.45. The van der Waals surface area contributed by atoms with Gasteiger partial charge in [0.1, 0.15) is 17.3 Å². The van der Waals surface area contributed by atoms with Crippen molar-refractivity contribution in [1.29, 1.82) is 0 Å². The largest absolute Gasteiger partial charge is 0.484 e. The fourth-order valence-electron chi connectivity index (χ4n) is 4.63. The van der Waals surface area contributed by atoms with E-state index in [2.05, 4.69) is 0 Å². The van der Waals surface area contributed by atoms with E-state index in [1.54, 1.807) is 29.2 Å². The number of sulfone groups is 1. The van der Waals surface area contributed by atoms with Crippen LogP contribution in [0.5, 0.6) is 11.5 Å². The molecule has 7 nitrogen and oxygen atoms in total. The van der Waals surface area contributed by atoms with Crippen molar-refractivity contribution in [3.05, 3.63) is 78.1 Å². The molecular weight excluding hydrogens is 497 g/mol. The van der Waals surface area contributed by atoms with Gasteiger partial charge >= 0.3 is 0 Å². The van der Waals surface area contributed by atoms with E-state index in [-0.39, 0.29) is 35.4 Å². The first-order valence-corrected chi connectivity index (χ1v) is 14.0. The molecule has 3 aromatic rings. The minimum atomic E-state index is -3.24. The molecule has 194 valence electrons. The molecule has 5 rings (SSSR count). The number of fused-ring (bicyclic) bond motifs is 1. The summed E-state index contributed by atoms with van der Waals surface area (Å²) in [5.74, 6) is 0.951. The van der Waals surface area contributed by atoms with Crippen molar-refractivity contribution >= 4 is 15.7 Å². The summed E-state index contributed by atoms with van der Waals surface area (Å²) < 4.78 is 54.1. The topological polar surface area (TPSA) is 82.1 Å². The summed E-state index contributed by atoms with van der Waals surface area (Å²) in [6, 6.07) is 18.3. The Balaban J connectivity index is 1.14. The number of likely N-dealkylation sites (tertiary alicyclic amines) is 1. The highest BCUT2D eigenvalue weighted by molar-refractivity contribution is 7.90. The van der Waals surface area contributed by atoms with E-state index in [0.29, 0.717) is 25.4 Å². The molecule has 0 saturated carbocycles. The van der Waals surface area contributed by atoms with E-state index in [9.17, 15) is 17.6 Å². The molecule has 0 N–H and O–H groups in total. The molecule has 0 spiro atoms. The van der Waals surface area contributed by atoms with Crippen LogP contribution in [-0.2, 0) is 26.0 Å². The summed E-state index contributed by atoms with van der Waals surface area (Å²) in [7, 11) is -3.24. The summed E-state index contributed by atoms with van der Waals surface area (Å²) in [6.07, 6.45) is 2.33. The number of ether oxygens (including phenoxy) is 3. The lowest BCUT2D eigenvalue weighted by atomic mass is 9.95. The Morgan fingerprint density at radius 1 is 1.00 bits per heavy atom. The molecule has 2 heterocycles. The van der Waals surface area contributed by atoms with Crippen molar-refractivity contribution < 1.29 is 31.8 Å². The maximum absolute atomic E-state index is 13.0. The standard InChI is InChI=1S/C28H28FNO6S/c1-37(32,33)25-9-2-19(3-10-25)21-4-11-26-22(16-21)17-35-28(36-26)20-12-14-30(15-13-20)27(31)18-34-24-7-5-23(29)6-8-24/h2-11,16,20,28H,12-15,17-18H2,1H3. The van der Waals surface area contributed by atoms with Crippen LogP contribution in [0.4, 0.5) is 4.39 Å². The van der Waals surface area contributed by atoms with Crippen LogP contribution in [0.2, 0.25) is 0 Å². The zero-order valence-corrected chi connectivity index (χ0v) is 21.2. The molecule has 3 aromatic carbocycles. The predicted molar refractivity (Wildman–Crippen MR) is 135 cm³/mol. The Kier molecular flexibility index (Phi) is 7.17. The second-order valence-corrected chi connectivity index (χ2v) is 11.4. The second-order valence-electron chi connectivity index (χ2n) is 9.38. The van der Waals surface area contributed by atoms with Gasteiger partial charge in [-0.3, -0.25) is 4.79 Å². The summed E-state index contributed by atoms with van der Waals surface area (Å²) in [5, 5.41) is 0. The molecule has 9 heteroatoms. The van der Waals surface area contributed by atoms with E-state index in [1.165, 1.54) is 30.5 Å². The molecule has 0 aromatic heterocycles. The molecular formula is C28H28FNO6S. The minimum Gasteiger partial charge on any atom is -0.484 e. The summed E-state index contributed by atoms with van der Waals surface area (Å²) in [4.78, 5) is 14.6. The van der Waals surface area contributed by atoms with Gasteiger partial charge in [-0.25, -0.2) is 12.8 Å². The van der Waals surface area contributed by atoms with Crippen LogP contribution in [0.1, 0.15) is 18.4 Å². The van der Waals surface area contributed by atoms with Crippen LogP contribution in [0, 0.1) is 11.7 Å². The van der Waals surface area contributed by atoms with Crippen molar-refractivity contribution in [2.24, 2.45) is 5.92 Å². The van der Waals surface area contributed by atoms with Crippen LogP contribution >= 0.6 is 0 Å². The third kappa shape index (κ3) is 5.94. The SMILES string of the molecule is CS(=O)(=O)c1ccc(-c2ccc3c(c2)COC(C2CCN(C(=O)COc4ccc(F)cc4)CC2)O3)cc1. The molecule has 37 heavy (non-hydrogen) atoms. The molecule has 0 aliphatic carbocycles. The highest BCUT2D eigenvalue weighted by atomic mass is 32.2. The number of carbonyl (C=O) groups excluding carboxylic acids is 1. The van der Waals surface area contributed by atoms with Crippen molar-refractivity contribution in [2.75, 3.05) is 26.0 Å². The quantitative estimate of drug-likeness (QED) is 0.473. The zero-order valence-electron chi connectivity index (χ0n) is 20.4. The highest BCUT2D eigenvalue weighted by Crippen LogP contribution is 2.35. The van der Waals surface area contributed by atoms with E-state index < -0.39 is 9.84 Å². The molecule has 1 fully saturated rings. The first-order valence-electron chi connectivity index (χ1n) is 12.1. The fourth-order valence-corrected chi connectivity index (χ4v) is 5.26. The van der Waals surface area contributed by atoms with E-state index in [4.69, 9.17) is 14.2 Å². The molecule has 1 saturated heterocycles. The third-order valence-electron chi connectivity index (χ3n) is 6.78. The van der Waals surface area contributed by atoms with E-state index in [0.717, 1.165) is 35.3 Å². The van der Waals surface area contributed by atoms with Crippen LogP contribution in [0.15, 0.2) is 71.6 Å². The first-order chi connectivity index (χ1) is 17.8. The number of rotatable bonds is 6. The van der Waals surface area contributed by atoms with Gasteiger partial charge < -0.3 is 19.1 Å². The Morgan fingerprint density at radius 3 is 2.35 bits per heavy atom. The number of nitrogens with zero attached hydrogens (tertiary/aromatic N) is 1. The zero-order chi connectivity index (χ0) is 26.0. The average molecular weight is 526 g/mol. The Hall–Kier alpha value is -3.43. The van der Waals surface area contributed by atoms with Crippen molar-refractivity contribution in [1.82, 2.24) is 4.90 Å². The van der Waals surface area contributed by atoms with Crippen LogP contribution in [-0.4, -0.2) is 51.5 Å². The maximum Gasteiger partial charge on any atom is 0.260 e. The molecule has 2 aliphatic heterocycles. The number of piperidine rings is 1. The lowest BCUT2D eigenvalue weighted by Gasteiger charge is -2.37. The van der Waals surface area contributed by atoms with Gasteiger partial charge in [-0.15, -0.1) is 0 Å². The molecule has 2 aliphatic rings. The Labute approximate surface area is 215 Å². The highest BCUT2D eigenvalue weighted by Gasteiger charge is 2.33. The number of halogens is 1. The van der Waals surface area contributed by atoms with Crippen molar-refractivity contribution in [3.8, 4) is 22.6 Å². The lowest BCUT2D eigenvalue weighted by molar-refractivity contribution is -0.155. The Bertz CT molecular complexity index is 1370. The lowest BCUT2D eigenvalue weighted by Crippen LogP contribution is -2.45. The monoisotopic (exact) mass is 525 g/mol. The van der Waals surface area contributed by atoms with Crippen molar-refractivity contribution in [2.45, 2.75) is 30.6 Å². The second kappa shape index (κ2) is 10.5. The fraction of sp³-hybridized carbons (Fsp3) is 0.321. The van der Waals surface area contributed by atoms with Crippen LogP contribution < -0.4 is 9.47 Å². The van der Waals surface area contributed by atoms with Gasteiger partial charge in [0.15, 0.2) is 16.4 Å². The number of carbonyl (C=O) groups is 1. The molecule has 1 atom stereocenters. The Morgan fingerprint density at radius 2 is 1.68 bits per heavy atom. The molecule has 1 amide bonds. The van der Waals surface area contributed by atoms with Crippen LogP contribution in [0.25, 0.3) is 11.1 Å². The van der Waals surface area contributed by atoms with Crippen molar-refractivity contribution in [3.63, 3.8) is 0 Å². The van der Waals surface area contributed by atoms with Gasteiger partial charge in [0.05, 0.1) is 11.5 Å². The van der Waals surface area contributed by atoms with Gasteiger partial charge in [-0.2, -0.15) is 0 Å². The molecule has 0 bridgehead atoms. The first kappa shape index (κ1) is 25.2. The van der Waals surface area contributed by atoms with Gasteiger partial charge in [-0.1, -0.05) is 18.2 Å². The van der Waals surface area contributed by atoms with Gasteiger partial charge in [0, 0.05) is 30.8 Å². The summed E-state index contributed by atoms with van der Waals surface area (Å²) in [5.41, 5.74) is 2.81. The molecule has 1 unspecified atom stereocenters. The number of hydrogen-bond acceptors (Lipinski definition) is 6.